The van der Waals surface area contributed by atoms with E-state index in [2.05, 4.69) is 59.5 Å². The SMILES string of the molecule is C[C@H](c1ccccc1)N1C/C(=C/c2ccc(Cl)cc2)[C@]2(ON=C(c3ccccc3)O2)C2(C1)ON=C(c1ccccc1)[C@H]2c1ccc(Cl)cc1. The summed E-state index contributed by atoms with van der Waals surface area (Å²) in [6, 6.07) is 46.0. The topological polar surface area (TPSA) is 55.7 Å². The first-order chi connectivity index (χ1) is 24.0. The number of nitrogens with zero attached hydrogens (tertiary/aromatic N) is 3. The standard InChI is InChI=1S/C41H33Cl2N3O3/c1-28(30-11-5-2-6-12-30)46-26-34(25-29-17-21-35(42)22-18-29)41(47-39(45-49-41)33-15-9-4-10-16-33)40(27-46)37(31-19-23-36(43)24-20-31)38(44-48-40)32-13-7-3-8-14-32/h2-25,28,37H,26-27H2,1H3/b34-25-/t28-,37-,40?,41+/m1/s1. The number of fused-ring (bicyclic) bond motifs is 1. The van der Waals surface area contributed by atoms with Gasteiger partial charge in [0.1, 0.15) is 0 Å². The molecule has 1 saturated heterocycles. The van der Waals surface area contributed by atoms with Crippen molar-refractivity contribution in [3.05, 3.63) is 183 Å². The van der Waals surface area contributed by atoms with Crippen LogP contribution < -0.4 is 0 Å². The number of rotatable bonds is 6. The van der Waals surface area contributed by atoms with E-state index in [1.54, 1.807) is 0 Å². The van der Waals surface area contributed by atoms with Gasteiger partial charge in [0, 0.05) is 39.3 Å². The van der Waals surface area contributed by atoms with Gasteiger partial charge in [0.2, 0.25) is 5.60 Å². The second-order valence-electron chi connectivity index (χ2n) is 12.6. The van der Waals surface area contributed by atoms with Crippen molar-refractivity contribution >= 4 is 40.9 Å². The molecular weight excluding hydrogens is 653 g/mol. The van der Waals surface area contributed by atoms with Crippen LogP contribution in [-0.2, 0) is 14.4 Å². The van der Waals surface area contributed by atoms with Crippen LogP contribution in [-0.4, -0.2) is 41.0 Å². The molecule has 8 rings (SSSR count). The summed E-state index contributed by atoms with van der Waals surface area (Å²) in [4.78, 5) is 16.0. The lowest BCUT2D eigenvalue weighted by atomic mass is 9.68. The van der Waals surface area contributed by atoms with Crippen molar-refractivity contribution in [1.82, 2.24) is 4.90 Å². The predicted molar refractivity (Wildman–Crippen MR) is 195 cm³/mol. The highest BCUT2D eigenvalue weighted by atomic mass is 35.5. The van der Waals surface area contributed by atoms with E-state index in [1.807, 2.05) is 103 Å². The fourth-order valence-electron chi connectivity index (χ4n) is 7.17. The average Bonchev–Trinajstić information content (AvgIpc) is 3.77. The Hall–Kier alpha value is -4.88. The van der Waals surface area contributed by atoms with Crippen LogP contribution in [0.25, 0.3) is 6.08 Å². The Labute approximate surface area is 295 Å². The lowest BCUT2D eigenvalue weighted by Crippen LogP contribution is -2.69. The molecule has 2 spiro atoms. The molecular formula is C41H33Cl2N3O3. The van der Waals surface area contributed by atoms with Gasteiger partial charge in [0.15, 0.2) is 0 Å². The lowest BCUT2D eigenvalue weighted by molar-refractivity contribution is -0.279. The Bertz CT molecular complexity index is 2040. The number of piperidine rings is 1. The second kappa shape index (κ2) is 12.9. The molecule has 8 heteroatoms. The van der Waals surface area contributed by atoms with Crippen LogP contribution in [0.15, 0.2) is 155 Å². The third-order valence-corrected chi connectivity index (χ3v) is 10.2. The zero-order valence-electron chi connectivity index (χ0n) is 26.7. The van der Waals surface area contributed by atoms with Crippen LogP contribution in [0.4, 0.5) is 0 Å². The summed E-state index contributed by atoms with van der Waals surface area (Å²) >= 11 is 12.8. The Morgan fingerprint density at radius 2 is 1.31 bits per heavy atom. The maximum Gasteiger partial charge on any atom is 0.346 e. The molecule has 0 aromatic heterocycles. The fourth-order valence-corrected chi connectivity index (χ4v) is 7.42. The van der Waals surface area contributed by atoms with Crippen molar-refractivity contribution in [3.63, 3.8) is 0 Å². The molecule has 3 heterocycles. The molecule has 3 aliphatic heterocycles. The second-order valence-corrected chi connectivity index (χ2v) is 13.5. The number of halogens is 2. The maximum absolute atomic E-state index is 7.10. The third kappa shape index (κ3) is 5.60. The molecule has 5 aromatic carbocycles. The summed E-state index contributed by atoms with van der Waals surface area (Å²) in [6.07, 6.45) is 2.11. The van der Waals surface area contributed by atoms with Gasteiger partial charge in [-0.1, -0.05) is 131 Å². The molecule has 1 fully saturated rings. The van der Waals surface area contributed by atoms with E-state index in [-0.39, 0.29) is 6.04 Å². The molecule has 6 nitrogen and oxygen atoms in total. The third-order valence-electron chi connectivity index (χ3n) is 9.67. The first-order valence-electron chi connectivity index (χ1n) is 16.3. The van der Waals surface area contributed by atoms with Gasteiger partial charge in [-0.05, 0) is 71.2 Å². The first kappa shape index (κ1) is 31.4. The van der Waals surface area contributed by atoms with Gasteiger partial charge in [-0.2, -0.15) is 0 Å². The summed E-state index contributed by atoms with van der Waals surface area (Å²) in [7, 11) is 0. The van der Waals surface area contributed by atoms with Crippen molar-refractivity contribution in [2.75, 3.05) is 13.1 Å². The highest BCUT2D eigenvalue weighted by Gasteiger charge is 2.74. The minimum absolute atomic E-state index is 0.00945. The van der Waals surface area contributed by atoms with Crippen molar-refractivity contribution in [2.45, 2.75) is 30.3 Å². The number of ether oxygens (including phenoxy) is 1. The highest BCUT2D eigenvalue weighted by molar-refractivity contribution is 6.30. The minimum atomic E-state index is -1.50. The van der Waals surface area contributed by atoms with Crippen molar-refractivity contribution in [2.24, 2.45) is 10.3 Å². The Morgan fingerprint density at radius 1 is 0.714 bits per heavy atom. The van der Waals surface area contributed by atoms with E-state index in [9.17, 15) is 0 Å². The van der Waals surface area contributed by atoms with E-state index in [4.69, 9.17) is 42.8 Å². The van der Waals surface area contributed by atoms with Crippen LogP contribution in [0.1, 0.15) is 46.7 Å². The highest BCUT2D eigenvalue weighted by Crippen LogP contribution is 2.57. The zero-order valence-corrected chi connectivity index (χ0v) is 28.3. The van der Waals surface area contributed by atoms with E-state index < -0.39 is 17.3 Å². The molecule has 49 heavy (non-hydrogen) atoms. The molecule has 0 amide bonds. The monoisotopic (exact) mass is 685 g/mol. The summed E-state index contributed by atoms with van der Waals surface area (Å²) in [6.45, 7) is 3.13. The van der Waals surface area contributed by atoms with Gasteiger partial charge in [0.25, 0.3) is 5.90 Å². The molecule has 1 unspecified atom stereocenters. The van der Waals surface area contributed by atoms with Gasteiger partial charge in [0.05, 0.1) is 18.2 Å². The first-order valence-corrected chi connectivity index (χ1v) is 17.0. The molecule has 0 radical (unpaired) electrons. The Balaban J connectivity index is 1.36. The summed E-state index contributed by atoms with van der Waals surface area (Å²) in [5.74, 6) is -1.58. The van der Waals surface area contributed by atoms with Gasteiger partial charge in [-0.25, -0.2) is 0 Å². The predicted octanol–water partition coefficient (Wildman–Crippen LogP) is 9.52. The van der Waals surface area contributed by atoms with E-state index in [1.165, 1.54) is 5.56 Å². The molecule has 4 atom stereocenters. The summed E-state index contributed by atoms with van der Waals surface area (Å²) in [5, 5.41) is 10.8. The summed E-state index contributed by atoms with van der Waals surface area (Å²) in [5.41, 5.74) is 5.17. The van der Waals surface area contributed by atoms with Crippen molar-refractivity contribution in [3.8, 4) is 0 Å². The van der Waals surface area contributed by atoms with Crippen LogP contribution in [0.3, 0.4) is 0 Å². The van der Waals surface area contributed by atoms with E-state index in [0.29, 0.717) is 29.0 Å². The quantitative estimate of drug-likeness (QED) is 0.179. The smallest absolute Gasteiger partial charge is 0.346 e. The molecule has 244 valence electrons. The molecule has 0 aliphatic carbocycles. The molecule has 0 saturated carbocycles. The normalized spacial score (nSPS) is 24.6. The largest absolute Gasteiger partial charge is 0.422 e. The van der Waals surface area contributed by atoms with Crippen LogP contribution >= 0.6 is 23.2 Å². The maximum atomic E-state index is 7.10. The number of benzene rings is 5. The van der Waals surface area contributed by atoms with Crippen LogP contribution in [0, 0.1) is 0 Å². The van der Waals surface area contributed by atoms with Gasteiger partial charge < -0.3 is 14.4 Å². The average molecular weight is 687 g/mol. The molecule has 3 aliphatic rings. The number of hydrogen-bond acceptors (Lipinski definition) is 6. The van der Waals surface area contributed by atoms with E-state index >= 15 is 0 Å². The number of oxime groups is 2. The van der Waals surface area contributed by atoms with Gasteiger partial charge in [-0.3, -0.25) is 4.90 Å². The molecule has 5 aromatic rings. The molecule has 0 bridgehead atoms. The lowest BCUT2D eigenvalue weighted by Gasteiger charge is -2.52. The number of hydrogen-bond donors (Lipinski definition) is 0. The fraction of sp³-hybridized carbons (Fsp3) is 0.171. The molecule has 0 N–H and O–H groups in total. The van der Waals surface area contributed by atoms with Gasteiger partial charge >= 0.3 is 5.79 Å². The van der Waals surface area contributed by atoms with Crippen LogP contribution in [0.5, 0.6) is 0 Å². The zero-order chi connectivity index (χ0) is 33.4. The Morgan fingerprint density at radius 3 is 1.96 bits per heavy atom. The number of likely N-dealkylation sites (tertiary alicyclic amines) is 1. The minimum Gasteiger partial charge on any atom is -0.422 e. The van der Waals surface area contributed by atoms with Crippen molar-refractivity contribution in [1.29, 1.82) is 0 Å². The van der Waals surface area contributed by atoms with Gasteiger partial charge in [-0.15, -0.1) is 0 Å². The van der Waals surface area contributed by atoms with E-state index in [0.717, 1.165) is 33.5 Å². The van der Waals surface area contributed by atoms with Crippen LogP contribution in [0.2, 0.25) is 10.0 Å². The summed E-state index contributed by atoms with van der Waals surface area (Å²) < 4.78 is 7.10. The van der Waals surface area contributed by atoms with Crippen molar-refractivity contribution < 1.29 is 14.4 Å². The Kier molecular flexibility index (Phi) is 8.24.